The van der Waals surface area contributed by atoms with E-state index in [1.54, 1.807) is 7.11 Å². The monoisotopic (exact) mass is 276 g/mol. The van der Waals surface area contributed by atoms with Crippen LogP contribution in [0, 0.1) is 0 Å². The SMILES string of the molecule is COc1ccc(C(N)CN(C)C2CCCCCC2)cc1. The smallest absolute Gasteiger partial charge is 0.118 e. The Bertz CT molecular complexity index is 382. The van der Waals surface area contributed by atoms with E-state index in [1.807, 2.05) is 12.1 Å². The number of hydrogen-bond acceptors (Lipinski definition) is 3. The molecule has 0 saturated heterocycles. The molecule has 1 aromatic carbocycles. The van der Waals surface area contributed by atoms with E-state index in [0.717, 1.165) is 12.3 Å². The topological polar surface area (TPSA) is 38.5 Å². The minimum atomic E-state index is 0.0779. The molecule has 0 radical (unpaired) electrons. The fraction of sp³-hybridized carbons (Fsp3) is 0.647. The average molecular weight is 276 g/mol. The number of nitrogens with zero attached hydrogens (tertiary/aromatic N) is 1. The molecule has 2 rings (SSSR count). The summed E-state index contributed by atoms with van der Waals surface area (Å²) in [4.78, 5) is 2.46. The Balaban J connectivity index is 1.89. The van der Waals surface area contributed by atoms with Gasteiger partial charge >= 0.3 is 0 Å². The van der Waals surface area contributed by atoms with Gasteiger partial charge < -0.3 is 15.4 Å². The summed E-state index contributed by atoms with van der Waals surface area (Å²) in [6.07, 6.45) is 8.18. The Hall–Kier alpha value is -1.06. The van der Waals surface area contributed by atoms with Gasteiger partial charge in [-0.3, -0.25) is 0 Å². The van der Waals surface area contributed by atoms with Gasteiger partial charge in [-0.15, -0.1) is 0 Å². The van der Waals surface area contributed by atoms with Crippen molar-refractivity contribution in [2.24, 2.45) is 5.73 Å². The van der Waals surface area contributed by atoms with Gasteiger partial charge in [-0.2, -0.15) is 0 Å². The number of ether oxygens (including phenoxy) is 1. The zero-order valence-corrected chi connectivity index (χ0v) is 12.8. The van der Waals surface area contributed by atoms with Crippen molar-refractivity contribution in [2.45, 2.75) is 50.6 Å². The van der Waals surface area contributed by atoms with Crippen LogP contribution in [0.1, 0.15) is 50.1 Å². The summed E-state index contributed by atoms with van der Waals surface area (Å²) in [6.45, 7) is 0.928. The molecule has 0 aromatic heterocycles. The predicted molar refractivity (Wildman–Crippen MR) is 84.0 cm³/mol. The Morgan fingerprint density at radius 2 is 1.75 bits per heavy atom. The fourth-order valence-electron chi connectivity index (χ4n) is 3.11. The van der Waals surface area contributed by atoms with E-state index in [4.69, 9.17) is 10.5 Å². The molecule has 1 aliphatic carbocycles. The predicted octanol–water partition coefficient (Wildman–Crippen LogP) is 3.35. The second kappa shape index (κ2) is 7.65. The van der Waals surface area contributed by atoms with E-state index in [1.165, 1.54) is 44.1 Å². The number of nitrogens with two attached hydrogens (primary N) is 1. The lowest BCUT2D eigenvalue weighted by Crippen LogP contribution is -2.37. The molecule has 0 spiro atoms. The molecular formula is C17H28N2O. The summed E-state index contributed by atoms with van der Waals surface area (Å²) in [7, 11) is 3.91. The maximum absolute atomic E-state index is 6.35. The van der Waals surface area contributed by atoms with Crippen molar-refractivity contribution >= 4 is 0 Å². The first-order valence-electron chi connectivity index (χ1n) is 7.80. The first-order valence-corrected chi connectivity index (χ1v) is 7.80. The molecular weight excluding hydrogens is 248 g/mol. The summed E-state index contributed by atoms with van der Waals surface area (Å²) >= 11 is 0. The van der Waals surface area contributed by atoms with E-state index in [2.05, 4.69) is 24.1 Å². The molecule has 1 aromatic rings. The highest BCUT2D eigenvalue weighted by molar-refractivity contribution is 5.29. The van der Waals surface area contributed by atoms with Gasteiger partial charge in [0.1, 0.15) is 5.75 Å². The highest BCUT2D eigenvalue weighted by atomic mass is 16.5. The van der Waals surface area contributed by atoms with Crippen molar-refractivity contribution in [2.75, 3.05) is 20.7 Å². The first-order chi connectivity index (χ1) is 9.70. The summed E-state index contributed by atoms with van der Waals surface area (Å²) in [5.41, 5.74) is 7.54. The van der Waals surface area contributed by atoms with Gasteiger partial charge in [-0.05, 0) is 37.6 Å². The number of hydrogen-bond donors (Lipinski definition) is 1. The molecule has 3 nitrogen and oxygen atoms in total. The molecule has 0 bridgehead atoms. The van der Waals surface area contributed by atoms with E-state index in [9.17, 15) is 0 Å². The van der Waals surface area contributed by atoms with Crippen LogP contribution in [-0.2, 0) is 0 Å². The summed E-state index contributed by atoms with van der Waals surface area (Å²) < 4.78 is 5.19. The van der Waals surface area contributed by atoms with Gasteiger partial charge in [0.25, 0.3) is 0 Å². The van der Waals surface area contributed by atoms with Crippen molar-refractivity contribution in [3.05, 3.63) is 29.8 Å². The lowest BCUT2D eigenvalue weighted by atomic mass is 10.0. The lowest BCUT2D eigenvalue weighted by molar-refractivity contribution is 0.209. The largest absolute Gasteiger partial charge is 0.497 e. The van der Waals surface area contributed by atoms with Crippen LogP contribution in [0.15, 0.2) is 24.3 Å². The van der Waals surface area contributed by atoms with Crippen LogP contribution >= 0.6 is 0 Å². The number of methoxy groups -OCH3 is 1. The minimum absolute atomic E-state index is 0.0779. The summed E-state index contributed by atoms with van der Waals surface area (Å²) in [5, 5.41) is 0. The molecule has 1 unspecified atom stereocenters. The Kier molecular flexibility index (Phi) is 5.86. The number of likely N-dealkylation sites (N-methyl/N-ethyl adjacent to an activating group) is 1. The van der Waals surface area contributed by atoms with Crippen molar-refractivity contribution < 1.29 is 4.74 Å². The van der Waals surface area contributed by atoms with Crippen LogP contribution in [0.5, 0.6) is 5.75 Å². The zero-order chi connectivity index (χ0) is 14.4. The third-order valence-electron chi connectivity index (χ3n) is 4.48. The molecule has 1 fully saturated rings. The molecule has 1 atom stereocenters. The summed E-state index contributed by atoms with van der Waals surface area (Å²) in [5.74, 6) is 0.887. The molecule has 1 aliphatic rings. The Labute approximate surface area is 123 Å². The molecule has 2 N–H and O–H groups in total. The van der Waals surface area contributed by atoms with Gasteiger partial charge in [0.2, 0.25) is 0 Å². The van der Waals surface area contributed by atoms with Crippen molar-refractivity contribution in [1.29, 1.82) is 0 Å². The maximum atomic E-state index is 6.35. The van der Waals surface area contributed by atoms with Crippen LogP contribution in [0.3, 0.4) is 0 Å². The molecule has 0 aliphatic heterocycles. The van der Waals surface area contributed by atoms with E-state index in [0.29, 0.717) is 6.04 Å². The molecule has 20 heavy (non-hydrogen) atoms. The van der Waals surface area contributed by atoms with E-state index >= 15 is 0 Å². The second-order valence-corrected chi connectivity index (χ2v) is 5.96. The standard InChI is InChI=1S/C17H28N2O/c1-19(15-7-5-3-4-6-8-15)13-17(18)14-9-11-16(20-2)12-10-14/h9-12,15,17H,3-8,13,18H2,1-2H3. The van der Waals surface area contributed by atoms with Gasteiger partial charge in [0.15, 0.2) is 0 Å². The van der Waals surface area contributed by atoms with E-state index in [-0.39, 0.29) is 6.04 Å². The highest BCUT2D eigenvalue weighted by Gasteiger charge is 2.19. The van der Waals surface area contributed by atoms with Crippen LogP contribution in [0.2, 0.25) is 0 Å². The maximum Gasteiger partial charge on any atom is 0.118 e. The van der Waals surface area contributed by atoms with Gasteiger partial charge in [-0.1, -0.05) is 37.8 Å². The molecule has 3 heteroatoms. The van der Waals surface area contributed by atoms with Crippen LogP contribution in [-0.4, -0.2) is 31.6 Å². The van der Waals surface area contributed by atoms with Crippen molar-refractivity contribution in [3.63, 3.8) is 0 Å². The Morgan fingerprint density at radius 3 is 2.30 bits per heavy atom. The fourth-order valence-corrected chi connectivity index (χ4v) is 3.11. The van der Waals surface area contributed by atoms with Crippen molar-refractivity contribution in [3.8, 4) is 5.75 Å². The van der Waals surface area contributed by atoms with E-state index < -0.39 is 0 Å². The third kappa shape index (κ3) is 4.22. The van der Waals surface area contributed by atoms with Crippen LogP contribution < -0.4 is 10.5 Å². The normalized spacial score (nSPS) is 18.8. The highest BCUT2D eigenvalue weighted by Crippen LogP contribution is 2.23. The zero-order valence-electron chi connectivity index (χ0n) is 12.8. The third-order valence-corrected chi connectivity index (χ3v) is 4.48. The van der Waals surface area contributed by atoms with Gasteiger partial charge in [0.05, 0.1) is 7.11 Å². The van der Waals surface area contributed by atoms with Crippen molar-refractivity contribution in [1.82, 2.24) is 4.90 Å². The lowest BCUT2D eigenvalue weighted by Gasteiger charge is -2.29. The first kappa shape index (κ1) is 15.3. The van der Waals surface area contributed by atoms with Gasteiger partial charge in [-0.25, -0.2) is 0 Å². The van der Waals surface area contributed by atoms with Crippen LogP contribution in [0.4, 0.5) is 0 Å². The molecule has 0 amide bonds. The quantitative estimate of drug-likeness (QED) is 0.838. The van der Waals surface area contributed by atoms with Crippen LogP contribution in [0.25, 0.3) is 0 Å². The average Bonchev–Trinajstić information content (AvgIpc) is 2.76. The number of benzene rings is 1. The molecule has 112 valence electrons. The summed E-state index contributed by atoms with van der Waals surface area (Å²) in [6, 6.07) is 8.91. The minimum Gasteiger partial charge on any atom is -0.497 e. The number of rotatable bonds is 5. The molecule has 0 heterocycles. The molecule has 1 saturated carbocycles. The van der Waals surface area contributed by atoms with Gasteiger partial charge in [0, 0.05) is 18.6 Å². The Morgan fingerprint density at radius 1 is 1.15 bits per heavy atom. The second-order valence-electron chi connectivity index (χ2n) is 5.96.